The number of benzene rings is 4. The lowest BCUT2D eigenvalue weighted by atomic mass is 10.0. The van der Waals surface area contributed by atoms with Crippen molar-refractivity contribution >= 4 is 56.7 Å². The van der Waals surface area contributed by atoms with E-state index in [1.165, 1.54) is 11.1 Å². The number of aryl methyl sites for hydroxylation is 4. The summed E-state index contributed by atoms with van der Waals surface area (Å²) < 4.78 is 3.37. The molecular weight excluding hydrogens is 604 g/mol. The van der Waals surface area contributed by atoms with E-state index in [0.29, 0.717) is 16.6 Å². The van der Waals surface area contributed by atoms with Gasteiger partial charge in [0, 0.05) is 59.1 Å². The predicted octanol–water partition coefficient (Wildman–Crippen LogP) is 5.70. The van der Waals surface area contributed by atoms with E-state index in [-0.39, 0.29) is 11.8 Å². The summed E-state index contributed by atoms with van der Waals surface area (Å²) in [4.78, 5) is 34.2. The molecule has 0 radical (unpaired) electrons. The third-order valence-electron chi connectivity index (χ3n) is 8.89. The van der Waals surface area contributed by atoms with Crippen LogP contribution in [0.15, 0.2) is 70.6 Å². The number of carbonyl (C=O) groups excluding carboxylic acids is 2. The van der Waals surface area contributed by atoms with E-state index in [4.69, 9.17) is 0 Å². The van der Waals surface area contributed by atoms with Crippen LogP contribution in [0.3, 0.4) is 0 Å². The summed E-state index contributed by atoms with van der Waals surface area (Å²) in [6, 6.07) is 19.3. The molecule has 4 heterocycles. The summed E-state index contributed by atoms with van der Waals surface area (Å²) in [5.74, 6) is -0.282. The van der Waals surface area contributed by atoms with Gasteiger partial charge in [0.05, 0.1) is 24.1 Å². The number of fused-ring (bicyclic) bond motifs is 4. The maximum absolute atomic E-state index is 12.7. The highest BCUT2D eigenvalue weighted by Crippen LogP contribution is 2.26. The monoisotopic (exact) mass is 638 g/mol. The Morgan fingerprint density at radius 3 is 1.60 bits per heavy atom. The number of nitrogens with zero attached hydrogens (tertiary/aromatic N) is 8. The molecule has 48 heavy (non-hydrogen) atoms. The molecular formula is C36H34N10O2. The Balaban J connectivity index is 0.000000152. The van der Waals surface area contributed by atoms with Gasteiger partial charge < -0.3 is 10.6 Å². The van der Waals surface area contributed by atoms with Crippen molar-refractivity contribution < 1.29 is 9.59 Å². The molecule has 0 bridgehead atoms. The van der Waals surface area contributed by atoms with Crippen LogP contribution in [-0.2, 0) is 27.2 Å². The molecule has 8 rings (SSSR count). The Labute approximate surface area is 276 Å². The molecule has 12 nitrogen and oxygen atoms in total. The Kier molecular flexibility index (Phi) is 7.62. The van der Waals surface area contributed by atoms with Crippen LogP contribution < -0.4 is 10.6 Å². The highest BCUT2D eigenvalue weighted by atomic mass is 16.2. The van der Waals surface area contributed by atoms with E-state index in [1.54, 1.807) is 15.4 Å². The van der Waals surface area contributed by atoms with E-state index >= 15 is 0 Å². The number of rotatable bonds is 4. The number of amides is 2. The molecule has 0 saturated heterocycles. The maximum Gasteiger partial charge on any atom is 0.256 e. The molecule has 0 atom stereocenters. The highest BCUT2D eigenvalue weighted by Gasteiger charge is 2.18. The third kappa shape index (κ3) is 5.61. The van der Waals surface area contributed by atoms with Crippen molar-refractivity contribution in [2.75, 3.05) is 10.6 Å². The first-order valence-corrected chi connectivity index (χ1v) is 15.6. The van der Waals surface area contributed by atoms with Crippen LogP contribution in [0.2, 0.25) is 0 Å². The van der Waals surface area contributed by atoms with Crippen LogP contribution in [0.5, 0.6) is 0 Å². The van der Waals surface area contributed by atoms with E-state index in [9.17, 15) is 9.59 Å². The molecule has 4 aromatic carbocycles. The fraction of sp³-hybridized carbons (Fsp3) is 0.222. The van der Waals surface area contributed by atoms with Gasteiger partial charge >= 0.3 is 0 Å². The lowest BCUT2D eigenvalue weighted by Crippen LogP contribution is -2.14. The lowest BCUT2D eigenvalue weighted by Gasteiger charge is -2.10. The van der Waals surface area contributed by atoms with Crippen molar-refractivity contribution in [3.05, 3.63) is 105 Å². The number of hydrogen-bond donors (Lipinski definition) is 2. The van der Waals surface area contributed by atoms with Gasteiger partial charge in [-0.15, -0.1) is 10.2 Å². The molecule has 12 heteroatoms. The first kappa shape index (κ1) is 30.6. The number of anilines is 2. The predicted molar refractivity (Wildman–Crippen MR) is 187 cm³/mol. The minimum Gasteiger partial charge on any atom is -0.322 e. The van der Waals surface area contributed by atoms with Crippen molar-refractivity contribution in [1.29, 1.82) is 0 Å². The number of nitrogens with one attached hydrogen (secondary N) is 2. The fourth-order valence-corrected chi connectivity index (χ4v) is 6.09. The van der Waals surface area contributed by atoms with Crippen LogP contribution in [0.25, 0.3) is 22.1 Å². The van der Waals surface area contributed by atoms with Crippen LogP contribution in [0.1, 0.15) is 67.9 Å². The lowest BCUT2D eigenvalue weighted by molar-refractivity contribution is 0.101. The third-order valence-corrected chi connectivity index (χ3v) is 8.89. The Morgan fingerprint density at radius 1 is 0.604 bits per heavy atom. The average molecular weight is 639 g/mol. The first-order valence-electron chi connectivity index (χ1n) is 15.6. The molecule has 0 unspecified atom stereocenters. The minimum atomic E-state index is -0.146. The summed E-state index contributed by atoms with van der Waals surface area (Å²) >= 11 is 0. The maximum atomic E-state index is 12.7. The van der Waals surface area contributed by atoms with Gasteiger partial charge in [0.1, 0.15) is 11.0 Å². The zero-order chi connectivity index (χ0) is 33.7. The smallest absolute Gasteiger partial charge is 0.256 e. The summed E-state index contributed by atoms with van der Waals surface area (Å²) in [5.41, 5.74) is 14.4. The quantitative estimate of drug-likeness (QED) is 0.253. The largest absolute Gasteiger partial charge is 0.322 e. The summed E-state index contributed by atoms with van der Waals surface area (Å²) in [7, 11) is 3.65. The van der Waals surface area contributed by atoms with Crippen molar-refractivity contribution in [2.45, 2.75) is 40.8 Å². The molecule has 0 fully saturated rings. The van der Waals surface area contributed by atoms with Gasteiger partial charge in [0.25, 0.3) is 11.8 Å². The van der Waals surface area contributed by atoms with E-state index < -0.39 is 0 Å². The van der Waals surface area contributed by atoms with Crippen molar-refractivity contribution in [3.8, 4) is 0 Å². The number of hydrogen-bond acceptors (Lipinski definition) is 8. The molecule has 6 aromatic rings. The summed E-state index contributed by atoms with van der Waals surface area (Å²) in [6.07, 6.45) is 0. The van der Waals surface area contributed by atoms with Crippen LogP contribution in [-0.4, -0.2) is 53.2 Å². The molecule has 0 aliphatic carbocycles. The minimum absolute atomic E-state index is 0.136. The van der Waals surface area contributed by atoms with Crippen molar-refractivity contribution in [3.63, 3.8) is 0 Å². The standard InChI is InChI=1S/2C18H17N5O/c1-10-6-17-16(21-22-23(17)3)8-14(10)18(24)20-13-5-4-12-9-19-11(2)15(12)7-13;1-10-6-16-17(23(3)22-21-16)8-14(10)18(24)20-13-5-4-12-9-19-11(2)15(12)7-13/h2*4-8H,9H2,1-3H3,(H,20,24). The number of carbonyl (C=O) groups is 2. The van der Waals surface area contributed by atoms with E-state index in [0.717, 1.165) is 74.7 Å². The average Bonchev–Trinajstić information content (AvgIpc) is 3.83. The molecule has 0 spiro atoms. The van der Waals surface area contributed by atoms with Crippen molar-refractivity contribution in [1.82, 2.24) is 30.0 Å². The van der Waals surface area contributed by atoms with Crippen LogP contribution in [0, 0.1) is 13.8 Å². The van der Waals surface area contributed by atoms with Gasteiger partial charge in [0.15, 0.2) is 0 Å². The Morgan fingerprint density at radius 2 is 1.06 bits per heavy atom. The van der Waals surface area contributed by atoms with Crippen LogP contribution in [0.4, 0.5) is 11.4 Å². The van der Waals surface area contributed by atoms with Gasteiger partial charge in [-0.3, -0.25) is 19.6 Å². The van der Waals surface area contributed by atoms with Gasteiger partial charge in [-0.1, -0.05) is 22.6 Å². The van der Waals surface area contributed by atoms with E-state index in [1.807, 2.05) is 96.4 Å². The Hall–Kier alpha value is -6.04. The molecule has 0 saturated carbocycles. The molecule has 2 aliphatic rings. The second-order valence-corrected chi connectivity index (χ2v) is 12.2. The van der Waals surface area contributed by atoms with Crippen molar-refractivity contribution in [2.24, 2.45) is 24.1 Å². The summed E-state index contributed by atoms with van der Waals surface area (Å²) in [6.45, 7) is 9.24. The van der Waals surface area contributed by atoms with Gasteiger partial charge in [-0.25, -0.2) is 9.36 Å². The molecule has 2 aliphatic heterocycles. The Bertz CT molecular complexity index is 2360. The van der Waals surface area contributed by atoms with E-state index in [2.05, 4.69) is 41.2 Å². The zero-order valence-electron chi connectivity index (χ0n) is 27.6. The molecule has 2 amide bonds. The topological polar surface area (TPSA) is 144 Å². The first-order chi connectivity index (χ1) is 23.0. The fourth-order valence-electron chi connectivity index (χ4n) is 6.09. The molecule has 240 valence electrons. The van der Waals surface area contributed by atoms with Gasteiger partial charge in [-0.05, 0) is 98.5 Å². The number of aliphatic imine (C=N–C) groups is 2. The number of aromatic nitrogens is 6. The SMILES string of the molecule is CC1=NCc2ccc(NC(=O)c3cc4c(cc3C)nnn4C)cc21.CC1=NCc2ccc(NC(=O)c3cc4nnn(C)c4cc3C)cc21. The second kappa shape index (κ2) is 12.0. The second-order valence-electron chi connectivity index (χ2n) is 12.2. The molecule has 2 N–H and O–H groups in total. The normalized spacial score (nSPS) is 13.0. The van der Waals surface area contributed by atoms with Crippen LogP contribution >= 0.6 is 0 Å². The zero-order valence-corrected chi connectivity index (χ0v) is 27.6. The summed E-state index contributed by atoms with van der Waals surface area (Å²) in [5, 5.41) is 22.1. The highest BCUT2D eigenvalue weighted by molar-refractivity contribution is 6.09. The van der Waals surface area contributed by atoms with Gasteiger partial charge in [0.2, 0.25) is 0 Å². The van der Waals surface area contributed by atoms with Gasteiger partial charge in [-0.2, -0.15) is 0 Å². The molecule has 2 aromatic heterocycles.